The summed E-state index contributed by atoms with van der Waals surface area (Å²) in [7, 11) is 0.350. The van der Waals surface area contributed by atoms with Gasteiger partial charge in [0.25, 0.3) is 5.60 Å². The highest BCUT2D eigenvalue weighted by Gasteiger charge is 2.73. The Morgan fingerprint density at radius 3 is 1.53 bits per heavy atom. The van der Waals surface area contributed by atoms with Crippen LogP contribution >= 0.6 is 0 Å². The van der Waals surface area contributed by atoms with Gasteiger partial charge in [0.2, 0.25) is 11.0 Å². The highest BCUT2D eigenvalue weighted by atomic mass is 32.2. The first-order valence-electron chi connectivity index (χ1n) is 29.4. The number of carbonyl (C=O) groups excluding carboxylic acids is 1. The molecule has 0 bridgehead atoms. The van der Waals surface area contributed by atoms with Gasteiger partial charge in [0.05, 0.1) is 39.1 Å². The molecule has 0 aromatic heterocycles. The van der Waals surface area contributed by atoms with Crippen molar-refractivity contribution in [1.29, 1.82) is 0 Å². The average molecular weight is 1330 g/mol. The third kappa shape index (κ3) is 19.7. The minimum Gasteiger partial charge on any atom is -0.493 e. The number of benzene rings is 5. The number of aliphatic hydroxyl groups is 2. The van der Waals surface area contributed by atoms with Crippen LogP contribution in [0.2, 0.25) is 0 Å². The Balaban J connectivity index is 0.000000213. The first-order valence-corrected chi connectivity index (χ1v) is 34.2. The molecule has 0 aliphatic carbocycles. The number of Topliss-reactive ketones (excluding diaryl/α,β-unsaturated/α-hetero) is 1. The third-order valence-corrected chi connectivity index (χ3v) is 23.1. The van der Waals surface area contributed by atoms with Gasteiger partial charge in [0.1, 0.15) is 65.5 Å². The molecule has 25 heteroatoms. The predicted octanol–water partition coefficient (Wildman–Crippen LogP) is 14.7. The molecule has 0 radical (unpaired) electrons. The Morgan fingerprint density at radius 2 is 1.04 bits per heavy atom. The van der Waals surface area contributed by atoms with E-state index in [9.17, 15) is 67.7 Å². The fourth-order valence-corrected chi connectivity index (χ4v) is 17.6. The number of hydrogen-bond acceptors (Lipinski definition) is 10. The molecule has 0 spiro atoms. The smallest absolute Gasteiger partial charge is 0.428 e. The molecule has 3 saturated heterocycles. The van der Waals surface area contributed by atoms with Crippen LogP contribution < -0.4 is 9.47 Å². The number of halogens is 12. The van der Waals surface area contributed by atoms with Gasteiger partial charge in [0, 0.05) is 86.2 Å². The number of fused-ring (bicyclic) bond motifs is 2. The van der Waals surface area contributed by atoms with Crippen LogP contribution in [0, 0.1) is 6.92 Å². The second kappa shape index (κ2) is 32.6. The topological polar surface area (TPSA) is 122 Å². The van der Waals surface area contributed by atoms with E-state index >= 15 is 0 Å². The van der Waals surface area contributed by atoms with Crippen molar-refractivity contribution in [2.24, 2.45) is 0 Å². The summed E-state index contributed by atoms with van der Waals surface area (Å²) in [6.45, 7) is 3.85. The summed E-state index contributed by atoms with van der Waals surface area (Å²) in [5.41, 5.74) is -8.91. The summed E-state index contributed by atoms with van der Waals surface area (Å²) in [6, 6.07) is 31.2. The Bertz CT molecular complexity index is 2970. The van der Waals surface area contributed by atoms with Crippen molar-refractivity contribution in [1.82, 2.24) is 0 Å². The second-order valence-corrected chi connectivity index (χ2v) is 29.4. The molecule has 496 valence electrons. The maximum absolute atomic E-state index is 13.4. The van der Waals surface area contributed by atoms with Crippen LogP contribution in [-0.4, -0.2) is 163 Å². The molecule has 3 aliphatic heterocycles. The third-order valence-electron chi connectivity index (χ3n) is 15.4. The number of hydrogen-bond donors (Lipinski definition) is 2. The standard InChI is InChI=1S/2C22H28F3O3S.C20H25F6O4S/c1-3-12-27-19-8-9-20(18-7-5-4-6-17(18)19)29-13-10-16(11-14-29)28-15-21(2,26)22(23,24)25;1-3-4-12-27-19-9-10-20(18-8-6-5-7-17(18)19)29-13-11-16(14-29)28-15-21(2,26)22(23,24)25;1-14-5-7-15(8-6-14)17(27)16(31-9-3-4-10-31)11-29-12-18(19(21,22)23,20(24,25)26)30-13-28-2/h4-9,16,26H,3,10-15H2,1-2H3;5-10,16,26H,3-4,11-15H2,1-2H3;5-8,16H,3-4,9-13H2,1-2H3/q3*+1. The van der Waals surface area contributed by atoms with Crippen LogP contribution in [0.15, 0.2) is 107 Å². The highest BCUT2D eigenvalue weighted by molar-refractivity contribution is 7.98. The normalized spacial score (nSPS) is 20.4. The lowest BCUT2D eigenvalue weighted by molar-refractivity contribution is -0.401. The summed E-state index contributed by atoms with van der Waals surface area (Å²) in [6.07, 6.45) is -14.7. The molecule has 5 atom stereocenters. The number of methoxy groups -OCH3 is 1. The van der Waals surface area contributed by atoms with Gasteiger partial charge in [-0.3, -0.25) is 4.79 Å². The van der Waals surface area contributed by atoms with Crippen LogP contribution in [0.3, 0.4) is 0 Å². The Labute approximate surface area is 521 Å². The first-order chi connectivity index (χ1) is 41.9. The van der Waals surface area contributed by atoms with Crippen LogP contribution in [0.1, 0.15) is 95.0 Å². The number of aryl methyl sites for hydroxylation is 1. The van der Waals surface area contributed by atoms with Gasteiger partial charge < -0.3 is 43.4 Å². The van der Waals surface area contributed by atoms with E-state index in [4.69, 9.17) is 23.7 Å². The summed E-state index contributed by atoms with van der Waals surface area (Å²) in [4.78, 5) is 15.5. The van der Waals surface area contributed by atoms with E-state index in [0.29, 0.717) is 55.3 Å². The van der Waals surface area contributed by atoms with Gasteiger partial charge >= 0.3 is 24.7 Å². The number of carbonyl (C=O) groups is 1. The Kier molecular flexibility index (Phi) is 27.0. The van der Waals surface area contributed by atoms with Crippen molar-refractivity contribution in [3.8, 4) is 11.5 Å². The Hall–Kier alpha value is -4.18. The molecule has 5 aromatic rings. The van der Waals surface area contributed by atoms with E-state index < -0.39 is 90.9 Å². The van der Waals surface area contributed by atoms with Crippen LogP contribution in [0.5, 0.6) is 11.5 Å². The van der Waals surface area contributed by atoms with Crippen LogP contribution in [0.4, 0.5) is 52.7 Å². The molecule has 0 amide bonds. The van der Waals surface area contributed by atoms with Crippen molar-refractivity contribution >= 4 is 60.0 Å². The fourth-order valence-electron chi connectivity index (χ4n) is 9.87. The minimum absolute atomic E-state index is 0.0206. The zero-order valence-electron chi connectivity index (χ0n) is 50.7. The van der Waals surface area contributed by atoms with E-state index in [0.717, 1.165) is 104 Å². The fraction of sp³-hybridized carbons (Fsp3) is 0.578. The molecule has 10 nitrogen and oxygen atoms in total. The summed E-state index contributed by atoms with van der Waals surface area (Å²) in [5, 5.41) is 22.8. The van der Waals surface area contributed by atoms with Crippen molar-refractivity contribution in [3.05, 3.63) is 108 Å². The van der Waals surface area contributed by atoms with Gasteiger partial charge in [0.15, 0.2) is 21.0 Å². The molecule has 5 unspecified atom stereocenters. The molecule has 3 aliphatic rings. The number of ether oxygens (including phenoxy) is 7. The van der Waals surface area contributed by atoms with Crippen LogP contribution in [0.25, 0.3) is 21.5 Å². The van der Waals surface area contributed by atoms with Gasteiger partial charge in [-0.05, 0) is 82.9 Å². The summed E-state index contributed by atoms with van der Waals surface area (Å²) < 4.78 is 194. The minimum atomic E-state index is -5.80. The first kappa shape index (κ1) is 73.9. The van der Waals surface area contributed by atoms with Gasteiger partial charge in [-0.2, -0.15) is 52.7 Å². The van der Waals surface area contributed by atoms with E-state index in [-0.39, 0.29) is 39.8 Å². The van der Waals surface area contributed by atoms with Crippen molar-refractivity contribution < 1.29 is 101 Å². The molecule has 89 heavy (non-hydrogen) atoms. The molecule has 0 saturated carbocycles. The number of alkyl halides is 12. The summed E-state index contributed by atoms with van der Waals surface area (Å²) in [5.74, 6) is 6.10. The zero-order valence-corrected chi connectivity index (χ0v) is 53.2. The predicted molar refractivity (Wildman–Crippen MR) is 326 cm³/mol. The zero-order chi connectivity index (χ0) is 65.4. The monoisotopic (exact) mass is 1330 g/mol. The average Bonchev–Trinajstić information content (AvgIpc) is 3.09. The SMILES string of the molecule is CCCCOc1ccc([S+]2CCC(OCC(C)(O)C(F)(F)F)C2)c2ccccc12.CCCOc1ccc([S+]2CCC(OCC(C)(O)C(F)(F)F)CC2)c2ccccc12.COCOC(COCC(C(=O)c1ccc(C)cc1)[S+]1CCCC1)(C(F)(F)F)C(F)(F)F. The van der Waals surface area contributed by atoms with Gasteiger partial charge in [-0.1, -0.05) is 86.5 Å². The maximum Gasteiger partial charge on any atom is 0.428 e. The van der Waals surface area contributed by atoms with Crippen molar-refractivity contribution in [2.45, 2.75) is 155 Å². The second-order valence-electron chi connectivity index (χ2n) is 22.6. The molecule has 3 fully saturated rings. The quantitative estimate of drug-likeness (QED) is 0.0192. The number of ketones is 1. The molecule has 8 rings (SSSR count). The Morgan fingerprint density at radius 1 is 0.573 bits per heavy atom. The maximum atomic E-state index is 13.4. The van der Waals surface area contributed by atoms with Crippen LogP contribution in [-0.2, 0) is 56.4 Å². The van der Waals surface area contributed by atoms with Gasteiger partial charge in [-0.15, -0.1) is 0 Å². The number of rotatable bonds is 25. The van der Waals surface area contributed by atoms with E-state index in [1.165, 1.54) is 15.2 Å². The summed E-state index contributed by atoms with van der Waals surface area (Å²) >= 11 is 0. The highest BCUT2D eigenvalue weighted by Crippen LogP contribution is 2.47. The number of unbranched alkanes of at least 4 members (excludes halogenated alkanes) is 1. The largest absolute Gasteiger partial charge is 0.493 e. The van der Waals surface area contributed by atoms with Crippen molar-refractivity contribution in [3.63, 3.8) is 0 Å². The lowest BCUT2D eigenvalue weighted by Gasteiger charge is -2.36. The van der Waals surface area contributed by atoms with Crippen molar-refractivity contribution in [2.75, 3.05) is 88.1 Å². The molecular formula is C64H81F12O10S3+3. The van der Waals surface area contributed by atoms with Gasteiger partial charge in [-0.25, -0.2) is 0 Å². The lowest BCUT2D eigenvalue weighted by Crippen LogP contribution is -2.62. The lowest BCUT2D eigenvalue weighted by atomic mass is 10.0. The molecule has 2 N–H and O–H groups in total. The van der Waals surface area contributed by atoms with E-state index in [1.54, 1.807) is 24.3 Å². The molecule has 3 heterocycles. The molecule has 5 aromatic carbocycles. The van der Waals surface area contributed by atoms with E-state index in [2.05, 4.69) is 53.7 Å². The molecular weight excluding hydrogens is 1250 g/mol. The van der Waals surface area contributed by atoms with E-state index in [1.807, 2.05) is 49.4 Å².